The molecule has 0 saturated carbocycles. The van der Waals surface area contributed by atoms with Gasteiger partial charge in [-0.25, -0.2) is 5.43 Å². The number of hydrogen-bond acceptors (Lipinski definition) is 4. The number of likely N-dealkylation sites (tertiary alicyclic amines) is 1. The lowest BCUT2D eigenvalue weighted by molar-refractivity contribution is -0.134. The van der Waals surface area contributed by atoms with E-state index in [1.807, 2.05) is 4.90 Å². The van der Waals surface area contributed by atoms with Gasteiger partial charge in [-0.1, -0.05) is 23.7 Å². The third-order valence-corrected chi connectivity index (χ3v) is 4.78. The Balaban J connectivity index is 1.47. The van der Waals surface area contributed by atoms with Crippen LogP contribution in [0.3, 0.4) is 0 Å². The minimum atomic E-state index is -0.377. The molecule has 3 rings (SSSR count). The van der Waals surface area contributed by atoms with Crippen LogP contribution < -0.4 is 10.2 Å². The molecule has 1 saturated heterocycles. The summed E-state index contributed by atoms with van der Waals surface area (Å²) in [6.45, 7) is 1.68. The van der Waals surface area contributed by atoms with Crippen molar-refractivity contribution < 1.29 is 14.3 Å². The second-order valence-corrected chi connectivity index (χ2v) is 6.89. The summed E-state index contributed by atoms with van der Waals surface area (Å²) >= 11 is 5.98. The normalized spacial score (nSPS) is 14.1. The highest BCUT2D eigenvalue weighted by atomic mass is 35.5. The van der Waals surface area contributed by atoms with Crippen LogP contribution in [-0.4, -0.2) is 42.6 Å². The monoisotopic (exact) mass is 399 g/mol. The molecule has 0 aromatic heterocycles. The van der Waals surface area contributed by atoms with E-state index in [1.165, 1.54) is 12.6 Å². The first-order valence-electron chi connectivity index (χ1n) is 9.22. The van der Waals surface area contributed by atoms with Crippen molar-refractivity contribution >= 4 is 29.6 Å². The van der Waals surface area contributed by atoms with E-state index in [-0.39, 0.29) is 18.4 Å². The number of hydrazone groups is 1. The predicted molar refractivity (Wildman–Crippen MR) is 109 cm³/mol. The zero-order valence-electron chi connectivity index (χ0n) is 15.4. The number of benzene rings is 2. The summed E-state index contributed by atoms with van der Waals surface area (Å²) in [6, 6.07) is 13.9. The fraction of sp³-hybridized carbons (Fsp3) is 0.286. The fourth-order valence-corrected chi connectivity index (χ4v) is 3.12. The minimum Gasteiger partial charge on any atom is -0.484 e. The van der Waals surface area contributed by atoms with Crippen LogP contribution in [-0.2, 0) is 4.79 Å². The zero-order chi connectivity index (χ0) is 19.8. The Morgan fingerprint density at radius 3 is 2.50 bits per heavy atom. The lowest BCUT2D eigenvalue weighted by Crippen LogP contribution is -2.38. The summed E-state index contributed by atoms with van der Waals surface area (Å²) in [4.78, 5) is 26.0. The van der Waals surface area contributed by atoms with Crippen molar-refractivity contribution in [3.63, 3.8) is 0 Å². The Kier molecular flexibility index (Phi) is 7.03. The molecule has 2 aromatic rings. The van der Waals surface area contributed by atoms with Crippen LogP contribution in [0.1, 0.15) is 35.2 Å². The van der Waals surface area contributed by atoms with Gasteiger partial charge in [0.2, 0.25) is 0 Å². The first kappa shape index (κ1) is 19.9. The topological polar surface area (TPSA) is 71.0 Å². The highest BCUT2D eigenvalue weighted by molar-refractivity contribution is 6.33. The van der Waals surface area contributed by atoms with Gasteiger partial charge in [0.1, 0.15) is 5.75 Å². The molecule has 1 aliphatic heterocycles. The quantitative estimate of drug-likeness (QED) is 0.597. The maximum absolute atomic E-state index is 12.1. The Hall–Kier alpha value is -2.86. The van der Waals surface area contributed by atoms with E-state index in [9.17, 15) is 9.59 Å². The third-order valence-electron chi connectivity index (χ3n) is 4.45. The van der Waals surface area contributed by atoms with E-state index in [0.717, 1.165) is 31.5 Å². The highest BCUT2D eigenvalue weighted by Crippen LogP contribution is 2.15. The van der Waals surface area contributed by atoms with Gasteiger partial charge in [0.15, 0.2) is 6.61 Å². The average Bonchev–Trinajstić information content (AvgIpc) is 2.74. The number of piperidine rings is 1. The Bertz CT molecular complexity index is 846. The second-order valence-electron chi connectivity index (χ2n) is 6.48. The lowest BCUT2D eigenvalue weighted by atomic mass is 10.1. The Labute approximate surface area is 169 Å². The number of amides is 2. The molecule has 1 heterocycles. The number of hydrogen-bond donors (Lipinski definition) is 1. The second kappa shape index (κ2) is 9.90. The Morgan fingerprint density at radius 1 is 1.07 bits per heavy atom. The van der Waals surface area contributed by atoms with Gasteiger partial charge < -0.3 is 9.64 Å². The fourth-order valence-electron chi connectivity index (χ4n) is 2.90. The third kappa shape index (κ3) is 5.57. The number of nitrogens with zero attached hydrogens (tertiary/aromatic N) is 2. The molecule has 1 N–H and O–H groups in total. The van der Waals surface area contributed by atoms with E-state index in [1.54, 1.807) is 48.5 Å². The van der Waals surface area contributed by atoms with Gasteiger partial charge in [-0.3, -0.25) is 9.59 Å². The molecule has 2 aromatic carbocycles. The lowest BCUT2D eigenvalue weighted by Gasteiger charge is -2.26. The maximum Gasteiger partial charge on any atom is 0.272 e. The van der Waals surface area contributed by atoms with Crippen LogP contribution in [0.15, 0.2) is 53.6 Å². The van der Waals surface area contributed by atoms with Crippen molar-refractivity contribution in [1.29, 1.82) is 0 Å². The number of nitrogens with one attached hydrogen (secondary N) is 1. The molecule has 146 valence electrons. The number of carbonyl (C=O) groups excluding carboxylic acids is 2. The Morgan fingerprint density at radius 2 is 1.79 bits per heavy atom. The van der Waals surface area contributed by atoms with Gasteiger partial charge in [0.05, 0.1) is 16.8 Å². The molecular formula is C21H22ClN3O3. The number of carbonyl (C=O) groups is 2. The molecule has 0 spiro atoms. The van der Waals surface area contributed by atoms with Crippen LogP contribution >= 0.6 is 11.6 Å². The van der Waals surface area contributed by atoms with E-state index < -0.39 is 0 Å². The minimum absolute atomic E-state index is 0.0209. The van der Waals surface area contributed by atoms with E-state index >= 15 is 0 Å². The molecule has 7 heteroatoms. The standard InChI is InChI=1S/C21H22ClN3O3/c22-19-7-3-2-6-18(19)21(27)24-23-14-16-8-10-17(11-9-16)28-15-20(26)25-12-4-1-5-13-25/h2-3,6-11,14H,1,4-5,12-13,15H2,(H,24,27)/b23-14-. The molecule has 0 radical (unpaired) electrons. The number of rotatable bonds is 6. The molecule has 0 atom stereocenters. The van der Waals surface area contributed by atoms with Gasteiger partial charge >= 0.3 is 0 Å². The van der Waals surface area contributed by atoms with Crippen LogP contribution in [0.25, 0.3) is 0 Å². The molecule has 0 unspecified atom stereocenters. The molecule has 1 fully saturated rings. The van der Waals surface area contributed by atoms with Gasteiger partial charge in [-0.05, 0) is 61.2 Å². The predicted octanol–water partition coefficient (Wildman–Crippen LogP) is 3.50. The smallest absolute Gasteiger partial charge is 0.272 e. The average molecular weight is 400 g/mol. The van der Waals surface area contributed by atoms with Crippen molar-refractivity contribution in [1.82, 2.24) is 10.3 Å². The summed E-state index contributed by atoms with van der Waals surface area (Å²) < 4.78 is 5.57. The summed E-state index contributed by atoms with van der Waals surface area (Å²) in [5, 5.41) is 4.31. The van der Waals surface area contributed by atoms with Gasteiger partial charge in [0.25, 0.3) is 11.8 Å². The first-order valence-corrected chi connectivity index (χ1v) is 9.60. The van der Waals surface area contributed by atoms with E-state index in [2.05, 4.69) is 10.5 Å². The highest BCUT2D eigenvalue weighted by Gasteiger charge is 2.16. The summed E-state index contributed by atoms with van der Waals surface area (Å²) in [5.41, 5.74) is 3.59. The SMILES string of the molecule is O=C(N/N=C\c1ccc(OCC(=O)N2CCCCC2)cc1)c1ccccc1Cl. The van der Waals surface area contributed by atoms with Gasteiger partial charge in [0, 0.05) is 13.1 Å². The van der Waals surface area contributed by atoms with E-state index in [0.29, 0.717) is 16.3 Å². The zero-order valence-corrected chi connectivity index (χ0v) is 16.2. The van der Waals surface area contributed by atoms with Crippen LogP contribution in [0, 0.1) is 0 Å². The van der Waals surface area contributed by atoms with Gasteiger partial charge in [-0.15, -0.1) is 0 Å². The van der Waals surface area contributed by atoms with Crippen molar-refractivity contribution in [3.05, 3.63) is 64.7 Å². The van der Waals surface area contributed by atoms with Crippen molar-refractivity contribution in [3.8, 4) is 5.75 Å². The summed E-state index contributed by atoms with van der Waals surface area (Å²) in [5.74, 6) is 0.258. The molecule has 0 bridgehead atoms. The largest absolute Gasteiger partial charge is 0.484 e. The molecule has 0 aliphatic carbocycles. The van der Waals surface area contributed by atoms with Crippen molar-refractivity contribution in [2.24, 2.45) is 5.10 Å². The molecule has 1 aliphatic rings. The van der Waals surface area contributed by atoms with Crippen molar-refractivity contribution in [2.75, 3.05) is 19.7 Å². The first-order chi connectivity index (χ1) is 13.6. The number of halogens is 1. The molecule has 6 nitrogen and oxygen atoms in total. The summed E-state index contributed by atoms with van der Waals surface area (Å²) in [7, 11) is 0. The van der Waals surface area contributed by atoms with E-state index in [4.69, 9.17) is 16.3 Å². The van der Waals surface area contributed by atoms with Crippen LogP contribution in [0.4, 0.5) is 0 Å². The number of ether oxygens (including phenoxy) is 1. The van der Waals surface area contributed by atoms with Crippen molar-refractivity contribution in [2.45, 2.75) is 19.3 Å². The maximum atomic E-state index is 12.1. The van der Waals surface area contributed by atoms with Crippen LogP contribution in [0.5, 0.6) is 5.75 Å². The van der Waals surface area contributed by atoms with Crippen LogP contribution in [0.2, 0.25) is 5.02 Å². The van der Waals surface area contributed by atoms with Gasteiger partial charge in [-0.2, -0.15) is 5.10 Å². The molecule has 2 amide bonds. The summed E-state index contributed by atoms with van der Waals surface area (Å²) in [6.07, 6.45) is 4.84. The molecule has 28 heavy (non-hydrogen) atoms. The molecular weight excluding hydrogens is 378 g/mol.